The van der Waals surface area contributed by atoms with Crippen molar-refractivity contribution >= 4 is 23.3 Å². The zero-order valence-electron chi connectivity index (χ0n) is 15.9. The molecule has 7 nitrogen and oxygen atoms in total. The number of amides is 1. The third kappa shape index (κ3) is 3.77. The minimum Gasteiger partial charge on any atom is -0.478 e. The smallest absolute Gasteiger partial charge is 0.335 e. The van der Waals surface area contributed by atoms with E-state index in [0.29, 0.717) is 43.6 Å². The number of nitrogens with two attached hydrogens (primary N) is 1. The zero-order chi connectivity index (χ0) is 20.4. The molecule has 1 aliphatic carbocycles. The van der Waals surface area contributed by atoms with E-state index in [1.807, 2.05) is 0 Å². The highest BCUT2D eigenvalue weighted by molar-refractivity contribution is 6.08. The summed E-state index contributed by atoms with van der Waals surface area (Å²) < 4.78 is 19.6. The summed E-state index contributed by atoms with van der Waals surface area (Å²) in [4.78, 5) is 29.7. The highest BCUT2D eigenvalue weighted by atomic mass is 19.1. The van der Waals surface area contributed by atoms with Gasteiger partial charge in [-0.2, -0.15) is 0 Å². The predicted molar refractivity (Wildman–Crippen MR) is 103 cm³/mol. The number of aromatic carboxylic acids is 1. The number of rotatable bonds is 4. The molecule has 1 saturated carbocycles. The summed E-state index contributed by atoms with van der Waals surface area (Å²) in [6.07, 6.45) is 1.68. The van der Waals surface area contributed by atoms with Crippen molar-refractivity contribution in [3.05, 3.63) is 40.7 Å². The number of methoxy groups -OCH3 is 1. The molecule has 1 amide bonds. The Labute approximate surface area is 162 Å². The van der Waals surface area contributed by atoms with Gasteiger partial charge in [-0.05, 0) is 36.6 Å². The van der Waals surface area contributed by atoms with Crippen LogP contribution in [-0.4, -0.2) is 60.9 Å². The number of halogens is 1. The molecule has 1 aromatic rings. The molecule has 1 saturated heterocycles. The van der Waals surface area contributed by atoms with Crippen molar-refractivity contribution in [3.8, 4) is 0 Å². The predicted octanol–water partition coefficient (Wildman–Crippen LogP) is 1.92. The van der Waals surface area contributed by atoms with Gasteiger partial charge in [-0.15, -0.1) is 0 Å². The molecule has 3 rings (SSSR count). The van der Waals surface area contributed by atoms with E-state index in [9.17, 15) is 14.0 Å². The van der Waals surface area contributed by atoms with Crippen LogP contribution in [0.5, 0.6) is 0 Å². The Morgan fingerprint density at radius 3 is 2.64 bits per heavy atom. The highest BCUT2D eigenvalue weighted by Gasteiger charge is 2.37. The van der Waals surface area contributed by atoms with E-state index in [1.54, 1.807) is 19.1 Å². The number of carboxylic acid groups (broad SMARTS) is 1. The molecule has 150 valence electrons. The maximum Gasteiger partial charge on any atom is 0.335 e. The lowest BCUT2D eigenvalue weighted by atomic mass is 9.81. The molecule has 1 unspecified atom stereocenters. The van der Waals surface area contributed by atoms with Gasteiger partial charge in [-0.1, -0.05) is 0 Å². The van der Waals surface area contributed by atoms with Crippen molar-refractivity contribution in [3.63, 3.8) is 0 Å². The van der Waals surface area contributed by atoms with Gasteiger partial charge in [0.1, 0.15) is 5.82 Å². The van der Waals surface area contributed by atoms with Crippen LogP contribution in [0.1, 0.15) is 35.2 Å². The maximum atomic E-state index is 14.4. The maximum absolute atomic E-state index is 14.4. The lowest BCUT2D eigenvalue weighted by Gasteiger charge is -2.41. The van der Waals surface area contributed by atoms with Gasteiger partial charge in [0.15, 0.2) is 0 Å². The summed E-state index contributed by atoms with van der Waals surface area (Å²) in [5, 5.41) is 8.98. The van der Waals surface area contributed by atoms with E-state index < -0.39 is 11.8 Å². The second-order valence-electron chi connectivity index (χ2n) is 7.10. The van der Waals surface area contributed by atoms with Crippen molar-refractivity contribution in [1.29, 1.82) is 0 Å². The van der Waals surface area contributed by atoms with Crippen LogP contribution < -0.4 is 5.73 Å². The average molecular weight is 389 g/mol. The van der Waals surface area contributed by atoms with E-state index in [4.69, 9.17) is 15.6 Å². The molecule has 3 N–H and O–H groups in total. The Kier molecular flexibility index (Phi) is 5.79. The summed E-state index contributed by atoms with van der Waals surface area (Å²) in [6, 6.07) is 3.65. The fourth-order valence-electron chi connectivity index (χ4n) is 3.70. The molecule has 2 fully saturated rings. The molecule has 0 bridgehead atoms. The molecule has 0 spiro atoms. The van der Waals surface area contributed by atoms with Gasteiger partial charge < -0.3 is 20.5 Å². The first-order valence-electron chi connectivity index (χ1n) is 9.15. The topological polar surface area (TPSA) is 105 Å². The van der Waals surface area contributed by atoms with Crippen LogP contribution in [-0.2, 0) is 9.53 Å². The number of aliphatic imine (C=N–C) groups is 1. The van der Waals surface area contributed by atoms with Crippen molar-refractivity contribution in [1.82, 2.24) is 4.90 Å². The second-order valence-corrected chi connectivity index (χ2v) is 7.10. The quantitative estimate of drug-likeness (QED) is 0.819. The number of hydrogen-bond donors (Lipinski definition) is 2. The van der Waals surface area contributed by atoms with Crippen molar-refractivity contribution < 1.29 is 23.8 Å². The number of hydrogen-bond acceptors (Lipinski definition) is 5. The normalized spacial score (nSPS) is 23.5. The molecule has 28 heavy (non-hydrogen) atoms. The van der Waals surface area contributed by atoms with Crippen LogP contribution in [0.15, 0.2) is 28.8 Å². The van der Waals surface area contributed by atoms with Gasteiger partial charge in [0.05, 0.1) is 11.7 Å². The lowest BCUT2D eigenvalue weighted by Crippen LogP contribution is -2.56. The van der Waals surface area contributed by atoms with Crippen molar-refractivity contribution in [2.45, 2.75) is 25.4 Å². The number of allylic oxidation sites excluding steroid dienone is 1. The summed E-state index contributed by atoms with van der Waals surface area (Å²) >= 11 is 0. The van der Waals surface area contributed by atoms with Crippen LogP contribution in [0.3, 0.4) is 0 Å². The summed E-state index contributed by atoms with van der Waals surface area (Å²) in [5.74, 6) is -1.98. The number of nitrogens with zero attached hydrogens (tertiary/aromatic N) is 2. The molecule has 1 aromatic carbocycles. The Morgan fingerprint density at radius 2 is 2.07 bits per heavy atom. The Hall–Kier alpha value is -2.74. The standard InChI is InChI=1S/C20H24FN3O4/c1-23-17-8-11(19(25)24-9-13(10-24)28-2)3-6-15(17)18(22)14-5-4-12(20(26)27)7-16(14)21/h4-5,7,11,13H,3,6,8-10,22H2,1-2H3,(H,26,27). The monoisotopic (exact) mass is 389 g/mol. The highest BCUT2D eigenvalue weighted by Crippen LogP contribution is 2.33. The van der Waals surface area contributed by atoms with Crippen LogP contribution in [0.25, 0.3) is 5.70 Å². The molecule has 1 atom stereocenters. The van der Waals surface area contributed by atoms with Gasteiger partial charge in [0.25, 0.3) is 0 Å². The first kappa shape index (κ1) is 20.0. The van der Waals surface area contributed by atoms with E-state index in [1.165, 1.54) is 12.1 Å². The van der Waals surface area contributed by atoms with Crippen LogP contribution >= 0.6 is 0 Å². The Balaban J connectivity index is 1.78. The van der Waals surface area contributed by atoms with Gasteiger partial charge in [0.2, 0.25) is 5.91 Å². The van der Waals surface area contributed by atoms with Crippen LogP contribution in [0.2, 0.25) is 0 Å². The number of benzene rings is 1. The Bertz CT molecular complexity index is 859. The molecule has 1 aliphatic heterocycles. The molecule has 0 radical (unpaired) electrons. The third-order valence-corrected chi connectivity index (χ3v) is 5.47. The third-order valence-electron chi connectivity index (χ3n) is 5.47. The van der Waals surface area contributed by atoms with E-state index in [0.717, 1.165) is 6.07 Å². The van der Waals surface area contributed by atoms with Gasteiger partial charge in [-0.3, -0.25) is 9.79 Å². The fraction of sp³-hybridized carbons (Fsp3) is 0.450. The van der Waals surface area contributed by atoms with Gasteiger partial charge in [-0.25, -0.2) is 9.18 Å². The average Bonchev–Trinajstić information content (AvgIpc) is 2.65. The zero-order valence-corrected chi connectivity index (χ0v) is 15.9. The number of carbonyl (C=O) groups is 2. The summed E-state index contributed by atoms with van der Waals surface area (Å²) in [5.41, 5.74) is 7.87. The van der Waals surface area contributed by atoms with E-state index >= 15 is 0 Å². The minimum atomic E-state index is -1.20. The molecule has 0 aromatic heterocycles. The first-order chi connectivity index (χ1) is 13.3. The number of carbonyl (C=O) groups excluding carboxylic acids is 1. The van der Waals surface area contributed by atoms with E-state index in [2.05, 4.69) is 4.99 Å². The van der Waals surface area contributed by atoms with Crippen LogP contribution in [0, 0.1) is 11.7 Å². The van der Waals surface area contributed by atoms with Gasteiger partial charge in [0, 0.05) is 56.6 Å². The fourth-order valence-corrected chi connectivity index (χ4v) is 3.70. The van der Waals surface area contributed by atoms with Crippen LogP contribution in [0.4, 0.5) is 4.39 Å². The van der Waals surface area contributed by atoms with Crippen molar-refractivity contribution in [2.75, 3.05) is 27.2 Å². The van der Waals surface area contributed by atoms with E-state index in [-0.39, 0.29) is 34.8 Å². The molecule has 1 heterocycles. The summed E-state index contributed by atoms with van der Waals surface area (Å²) in [6.45, 7) is 1.22. The Morgan fingerprint density at radius 1 is 1.36 bits per heavy atom. The minimum absolute atomic E-state index is 0.0871. The van der Waals surface area contributed by atoms with Crippen molar-refractivity contribution in [2.24, 2.45) is 16.6 Å². The second kappa shape index (κ2) is 8.10. The number of carboxylic acids is 1. The first-order valence-corrected chi connectivity index (χ1v) is 9.15. The SMILES string of the molecule is CN=C1CC(C(=O)N2CC(OC)C2)CCC1=C(N)c1ccc(C(=O)O)cc1F. The number of ether oxygens (including phenoxy) is 1. The molecular weight excluding hydrogens is 365 g/mol. The molecular formula is C20H24FN3O4. The number of likely N-dealkylation sites (tertiary alicyclic amines) is 1. The van der Waals surface area contributed by atoms with Gasteiger partial charge >= 0.3 is 5.97 Å². The molecule has 2 aliphatic rings. The lowest BCUT2D eigenvalue weighted by molar-refractivity contribution is -0.147. The largest absolute Gasteiger partial charge is 0.478 e. The summed E-state index contributed by atoms with van der Waals surface area (Å²) in [7, 11) is 3.26. The molecule has 8 heteroatoms.